The Labute approximate surface area is 179 Å². The number of carbonyl (C=O) groups excluding carboxylic acids is 1. The molecule has 4 aromatic rings. The molecule has 0 aliphatic carbocycles. The highest BCUT2D eigenvalue weighted by Crippen LogP contribution is 2.36. The fourth-order valence-corrected chi connectivity index (χ4v) is 4.22. The number of anilines is 2. The Kier molecular flexibility index (Phi) is 5.12. The summed E-state index contributed by atoms with van der Waals surface area (Å²) in [5.41, 5.74) is 5.84. The maximum absolute atomic E-state index is 12.4. The number of halogens is 1. The Morgan fingerprint density at radius 3 is 2.94 bits per heavy atom. The largest absolute Gasteiger partial charge is 0.464 e. The number of furan rings is 1. The number of alkyl halides is 1. The number of pyridine rings is 1. The third-order valence-electron chi connectivity index (χ3n) is 5.66. The number of carbonyl (C=O) groups is 1. The first-order valence-electron chi connectivity index (χ1n) is 10.4. The molecule has 156 valence electrons. The maximum Gasteiger partial charge on any atom is 0.251 e. The number of fused-ring (bicyclic) bond motifs is 2. The van der Waals surface area contributed by atoms with Gasteiger partial charge in [-0.15, -0.1) is 0 Å². The third kappa shape index (κ3) is 3.77. The summed E-state index contributed by atoms with van der Waals surface area (Å²) in [6.07, 6.45) is 5.08. The summed E-state index contributed by atoms with van der Waals surface area (Å²) >= 11 is 0. The zero-order chi connectivity index (χ0) is 21.2. The molecule has 1 N–H and O–H groups in total. The number of nitrogens with zero attached hydrogens (tertiary/aromatic N) is 2. The van der Waals surface area contributed by atoms with E-state index in [1.165, 1.54) is 5.56 Å². The molecule has 5 nitrogen and oxygen atoms in total. The molecule has 0 saturated heterocycles. The minimum absolute atomic E-state index is 0.0282. The average Bonchev–Trinajstić information content (AvgIpc) is 3.44. The van der Waals surface area contributed by atoms with E-state index in [1.807, 2.05) is 36.5 Å². The summed E-state index contributed by atoms with van der Waals surface area (Å²) in [6.45, 7) is 0.206. The number of aromatic nitrogens is 1. The van der Waals surface area contributed by atoms with E-state index < -0.39 is 6.67 Å². The van der Waals surface area contributed by atoms with Gasteiger partial charge in [-0.1, -0.05) is 12.1 Å². The van der Waals surface area contributed by atoms with E-state index in [9.17, 15) is 9.18 Å². The lowest BCUT2D eigenvalue weighted by Gasteiger charge is -2.19. The van der Waals surface area contributed by atoms with Gasteiger partial charge in [-0.05, 0) is 72.0 Å². The van der Waals surface area contributed by atoms with Gasteiger partial charge < -0.3 is 14.6 Å². The van der Waals surface area contributed by atoms with E-state index >= 15 is 0 Å². The first-order chi connectivity index (χ1) is 15.2. The molecule has 1 amide bonds. The molecule has 0 saturated carbocycles. The van der Waals surface area contributed by atoms with Gasteiger partial charge in [-0.2, -0.15) is 0 Å². The Balaban J connectivity index is 1.40. The third-order valence-corrected chi connectivity index (χ3v) is 5.66. The number of nitrogens with one attached hydrogen (secondary N) is 1. The molecule has 31 heavy (non-hydrogen) atoms. The van der Waals surface area contributed by atoms with Crippen LogP contribution in [0, 0.1) is 0 Å². The standard InChI is InChI=1S/C25H22FN3O2/c26-9-11-28-25(30)21-2-1-3-22-20(21)7-12-29(22)24-16-18(6-10-27-24)14-17-4-5-23-19(15-17)8-13-31-23/h1-6,8,10,13,15-16H,7,9,11-12,14H2,(H,28,30). The van der Waals surface area contributed by atoms with Gasteiger partial charge in [0, 0.05) is 35.9 Å². The van der Waals surface area contributed by atoms with Crippen molar-refractivity contribution in [2.45, 2.75) is 12.8 Å². The summed E-state index contributed by atoms with van der Waals surface area (Å²) in [5, 5.41) is 3.72. The molecule has 2 aromatic carbocycles. The van der Waals surface area contributed by atoms with Crippen molar-refractivity contribution in [3.05, 3.63) is 89.3 Å². The summed E-state index contributed by atoms with van der Waals surface area (Å²) in [4.78, 5) is 19.2. The van der Waals surface area contributed by atoms with Crippen LogP contribution in [0.3, 0.4) is 0 Å². The summed E-state index contributed by atoms with van der Waals surface area (Å²) < 4.78 is 17.9. The van der Waals surface area contributed by atoms with Gasteiger partial charge in [-0.25, -0.2) is 9.37 Å². The van der Waals surface area contributed by atoms with Crippen molar-refractivity contribution in [2.75, 3.05) is 24.7 Å². The maximum atomic E-state index is 12.4. The fourth-order valence-electron chi connectivity index (χ4n) is 4.22. The minimum atomic E-state index is -0.572. The van der Waals surface area contributed by atoms with Gasteiger partial charge in [0.25, 0.3) is 5.91 Å². The molecule has 0 spiro atoms. The molecular formula is C25H22FN3O2. The highest BCUT2D eigenvalue weighted by atomic mass is 19.1. The van der Waals surface area contributed by atoms with Crippen LogP contribution in [0.5, 0.6) is 0 Å². The number of hydrogen-bond acceptors (Lipinski definition) is 4. The van der Waals surface area contributed by atoms with Crippen LogP contribution in [0.1, 0.15) is 27.0 Å². The highest BCUT2D eigenvalue weighted by molar-refractivity contribution is 5.98. The van der Waals surface area contributed by atoms with Gasteiger partial charge in [0.2, 0.25) is 0 Å². The first-order valence-corrected chi connectivity index (χ1v) is 10.4. The average molecular weight is 415 g/mol. The van der Waals surface area contributed by atoms with Crippen molar-refractivity contribution in [3.63, 3.8) is 0 Å². The van der Waals surface area contributed by atoms with E-state index in [-0.39, 0.29) is 12.5 Å². The van der Waals surface area contributed by atoms with Gasteiger partial charge in [0.15, 0.2) is 0 Å². The summed E-state index contributed by atoms with van der Waals surface area (Å²) in [7, 11) is 0. The SMILES string of the molecule is O=C(NCCF)c1cccc2c1CCN2c1cc(Cc2ccc3occc3c2)ccn1. The second kappa shape index (κ2) is 8.22. The molecule has 5 rings (SSSR count). The molecule has 0 atom stereocenters. The zero-order valence-electron chi connectivity index (χ0n) is 17.0. The zero-order valence-corrected chi connectivity index (χ0v) is 17.0. The normalized spacial score (nSPS) is 12.9. The van der Waals surface area contributed by atoms with Crippen LogP contribution < -0.4 is 10.2 Å². The quantitative estimate of drug-likeness (QED) is 0.491. The van der Waals surface area contributed by atoms with Gasteiger partial charge in [-0.3, -0.25) is 4.79 Å². The van der Waals surface area contributed by atoms with Crippen LogP contribution in [0.25, 0.3) is 11.0 Å². The van der Waals surface area contributed by atoms with Gasteiger partial charge in [0.1, 0.15) is 18.1 Å². The molecule has 0 bridgehead atoms. The van der Waals surface area contributed by atoms with E-state index in [4.69, 9.17) is 4.42 Å². The van der Waals surface area contributed by atoms with Crippen molar-refractivity contribution in [1.29, 1.82) is 0 Å². The van der Waals surface area contributed by atoms with Crippen molar-refractivity contribution in [1.82, 2.24) is 10.3 Å². The minimum Gasteiger partial charge on any atom is -0.464 e. The molecule has 1 aliphatic heterocycles. The van der Waals surface area contributed by atoms with Crippen molar-refractivity contribution in [2.24, 2.45) is 0 Å². The predicted octanol–water partition coefficient (Wildman–Crippen LogP) is 4.81. The lowest BCUT2D eigenvalue weighted by molar-refractivity contribution is 0.0950. The molecule has 0 fully saturated rings. The Morgan fingerprint density at radius 2 is 2.03 bits per heavy atom. The summed E-state index contributed by atoms with van der Waals surface area (Å²) in [5.74, 6) is 0.634. The van der Waals surface area contributed by atoms with Crippen LogP contribution >= 0.6 is 0 Å². The molecular weight excluding hydrogens is 393 g/mol. The van der Waals surface area contributed by atoms with E-state index in [0.717, 1.165) is 53.0 Å². The van der Waals surface area contributed by atoms with Crippen LogP contribution in [0.15, 0.2) is 71.5 Å². The number of rotatable bonds is 6. The van der Waals surface area contributed by atoms with Crippen molar-refractivity contribution >= 4 is 28.4 Å². The second-order valence-electron chi connectivity index (χ2n) is 7.64. The van der Waals surface area contributed by atoms with E-state index in [0.29, 0.717) is 5.56 Å². The number of benzene rings is 2. The predicted molar refractivity (Wildman–Crippen MR) is 119 cm³/mol. The highest BCUT2D eigenvalue weighted by Gasteiger charge is 2.26. The Morgan fingerprint density at radius 1 is 1.13 bits per heavy atom. The molecule has 0 unspecified atom stereocenters. The Hall–Kier alpha value is -3.67. The first kappa shape index (κ1) is 19.3. The van der Waals surface area contributed by atoms with Gasteiger partial charge >= 0.3 is 0 Å². The second-order valence-corrected chi connectivity index (χ2v) is 7.64. The number of hydrogen-bond donors (Lipinski definition) is 1. The number of amides is 1. The smallest absolute Gasteiger partial charge is 0.251 e. The molecule has 1 aliphatic rings. The monoisotopic (exact) mass is 415 g/mol. The lowest BCUT2D eigenvalue weighted by atomic mass is 10.0. The van der Waals surface area contributed by atoms with Crippen LogP contribution in [0.2, 0.25) is 0 Å². The molecule has 6 heteroatoms. The van der Waals surface area contributed by atoms with E-state index in [1.54, 1.807) is 12.3 Å². The van der Waals surface area contributed by atoms with Crippen LogP contribution in [-0.2, 0) is 12.8 Å². The molecule has 0 radical (unpaired) electrons. The van der Waals surface area contributed by atoms with Gasteiger partial charge in [0.05, 0.1) is 6.26 Å². The summed E-state index contributed by atoms with van der Waals surface area (Å²) in [6, 6.07) is 18.0. The fraction of sp³-hybridized carbons (Fsp3) is 0.200. The van der Waals surface area contributed by atoms with Crippen LogP contribution in [0.4, 0.5) is 15.9 Å². The Bertz CT molecular complexity index is 1250. The van der Waals surface area contributed by atoms with Crippen LogP contribution in [-0.4, -0.2) is 30.7 Å². The molecule has 2 aromatic heterocycles. The molecule has 3 heterocycles. The lowest BCUT2D eigenvalue weighted by Crippen LogP contribution is -2.26. The van der Waals surface area contributed by atoms with Crippen molar-refractivity contribution in [3.8, 4) is 0 Å². The topological polar surface area (TPSA) is 58.4 Å². The van der Waals surface area contributed by atoms with E-state index in [2.05, 4.69) is 33.4 Å². The van der Waals surface area contributed by atoms with Crippen molar-refractivity contribution < 1.29 is 13.6 Å².